The number of aliphatic carboxylic acids is 1. The van der Waals surface area contributed by atoms with E-state index in [1.165, 1.54) is 44.9 Å². The second kappa shape index (κ2) is 11.0. The molecule has 0 saturated heterocycles. The fourth-order valence-electron chi connectivity index (χ4n) is 2.15. The molecule has 2 heteroatoms. The van der Waals surface area contributed by atoms with E-state index in [4.69, 9.17) is 5.11 Å². The molecule has 0 spiro atoms. The first kappa shape index (κ1) is 15.5. The summed E-state index contributed by atoms with van der Waals surface area (Å²) in [6, 6.07) is 0. The number of hydrogen-bond acceptors (Lipinski definition) is 1. The third-order valence-corrected chi connectivity index (χ3v) is 3.18. The van der Waals surface area contributed by atoms with Gasteiger partial charge in [0.05, 0.1) is 0 Å². The molecule has 0 heterocycles. The maximum atomic E-state index is 10.5. The Morgan fingerprint density at radius 3 is 2.06 bits per heavy atom. The quantitative estimate of drug-likeness (QED) is 0.523. The Morgan fingerprint density at radius 2 is 1.50 bits per heavy atom. The highest BCUT2D eigenvalue weighted by molar-refractivity contribution is 5.66. The normalized spacial score (nSPS) is 12.6. The molecule has 1 N–H and O–H groups in total. The molecule has 0 aliphatic carbocycles. The maximum absolute atomic E-state index is 10.5. The molecule has 0 fully saturated rings. The van der Waals surface area contributed by atoms with Crippen LogP contribution < -0.4 is 0 Å². The van der Waals surface area contributed by atoms with Crippen molar-refractivity contribution in [3.8, 4) is 0 Å². The Balaban J connectivity index is 3.66. The van der Waals surface area contributed by atoms with Gasteiger partial charge < -0.3 is 5.11 Å². The van der Waals surface area contributed by atoms with E-state index in [0.29, 0.717) is 6.42 Å². The molecule has 0 amide bonds. The molecule has 0 rings (SSSR count). The van der Waals surface area contributed by atoms with Gasteiger partial charge in [-0.2, -0.15) is 0 Å². The molecule has 0 aromatic rings. The number of carboxylic acid groups (broad SMARTS) is 1. The fraction of sp³-hybridized carbons (Fsp3) is 0.929. The number of hydrogen-bond donors (Lipinski definition) is 1. The van der Waals surface area contributed by atoms with Gasteiger partial charge in [-0.3, -0.25) is 4.79 Å². The van der Waals surface area contributed by atoms with Crippen LogP contribution in [0.4, 0.5) is 0 Å². The molecule has 16 heavy (non-hydrogen) atoms. The van der Waals surface area contributed by atoms with Gasteiger partial charge in [-0.25, -0.2) is 0 Å². The molecule has 0 aromatic carbocycles. The number of carboxylic acids is 1. The number of carbonyl (C=O) groups is 1. The summed E-state index contributed by atoms with van der Waals surface area (Å²) >= 11 is 0. The predicted octanol–water partition coefficient (Wildman–Crippen LogP) is 4.63. The Morgan fingerprint density at radius 1 is 0.938 bits per heavy atom. The molecule has 0 aliphatic heterocycles. The summed E-state index contributed by atoms with van der Waals surface area (Å²) in [6.45, 7) is 4.45. The summed E-state index contributed by atoms with van der Waals surface area (Å²) in [5.74, 6) is 0.119. The summed E-state index contributed by atoms with van der Waals surface area (Å²) in [4.78, 5) is 10.5. The van der Waals surface area contributed by atoms with Crippen LogP contribution in [0.2, 0.25) is 0 Å². The van der Waals surface area contributed by atoms with Gasteiger partial charge in [0, 0.05) is 6.42 Å². The van der Waals surface area contributed by atoms with E-state index in [1.54, 1.807) is 0 Å². The average Bonchev–Trinajstić information content (AvgIpc) is 2.25. The molecular weight excluding hydrogens is 200 g/mol. The second-order valence-corrected chi connectivity index (χ2v) is 4.79. The minimum absolute atomic E-state index is 0.344. The standard InChI is InChI=1S/C14H28O2/c1-3-5-7-10-13(9-6-4-2)11-8-12-14(15)16/h13H,3-12H2,1-2H3,(H,15,16). The van der Waals surface area contributed by atoms with Crippen LogP contribution in [0.1, 0.15) is 78.1 Å². The van der Waals surface area contributed by atoms with Gasteiger partial charge in [0.25, 0.3) is 0 Å². The van der Waals surface area contributed by atoms with Crippen LogP contribution in [0.5, 0.6) is 0 Å². The van der Waals surface area contributed by atoms with Crippen LogP contribution in [0.3, 0.4) is 0 Å². The first-order chi connectivity index (χ1) is 7.70. The molecule has 2 nitrogen and oxygen atoms in total. The Bertz CT molecular complexity index is 166. The van der Waals surface area contributed by atoms with Crippen molar-refractivity contribution in [2.45, 2.75) is 78.1 Å². The monoisotopic (exact) mass is 228 g/mol. The zero-order valence-corrected chi connectivity index (χ0v) is 11.0. The maximum Gasteiger partial charge on any atom is 0.303 e. The van der Waals surface area contributed by atoms with Crippen LogP contribution in [0, 0.1) is 5.92 Å². The zero-order chi connectivity index (χ0) is 12.2. The summed E-state index contributed by atoms with van der Waals surface area (Å²) in [5, 5.41) is 8.62. The summed E-state index contributed by atoms with van der Waals surface area (Å²) in [5.41, 5.74) is 0. The summed E-state index contributed by atoms with van der Waals surface area (Å²) < 4.78 is 0. The van der Waals surface area contributed by atoms with E-state index >= 15 is 0 Å². The third-order valence-electron chi connectivity index (χ3n) is 3.18. The third kappa shape index (κ3) is 10.0. The Hall–Kier alpha value is -0.530. The topological polar surface area (TPSA) is 37.3 Å². The first-order valence-electron chi connectivity index (χ1n) is 6.92. The summed E-state index contributed by atoms with van der Waals surface area (Å²) in [7, 11) is 0. The van der Waals surface area contributed by atoms with E-state index in [9.17, 15) is 4.79 Å². The van der Waals surface area contributed by atoms with Crippen molar-refractivity contribution in [3.63, 3.8) is 0 Å². The second-order valence-electron chi connectivity index (χ2n) is 4.79. The first-order valence-corrected chi connectivity index (χ1v) is 6.92. The number of unbranched alkanes of at least 4 members (excludes halogenated alkanes) is 3. The van der Waals surface area contributed by atoms with Crippen molar-refractivity contribution < 1.29 is 9.90 Å². The number of rotatable bonds is 11. The van der Waals surface area contributed by atoms with Gasteiger partial charge in [0.15, 0.2) is 0 Å². The van der Waals surface area contributed by atoms with Crippen molar-refractivity contribution in [3.05, 3.63) is 0 Å². The lowest BCUT2D eigenvalue weighted by Gasteiger charge is -2.15. The van der Waals surface area contributed by atoms with E-state index in [2.05, 4.69) is 13.8 Å². The van der Waals surface area contributed by atoms with E-state index < -0.39 is 5.97 Å². The van der Waals surface area contributed by atoms with Crippen LogP contribution >= 0.6 is 0 Å². The van der Waals surface area contributed by atoms with Crippen molar-refractivity contribution in [1.29, 1.82) is 0 Å². The molecule has 1 atom stereocenters. The van der Waals surface area contributed by atoms with Crippen LogP contribution in [-0.2, 0) is 4.79 Å². The van der Waals surface area contributed by atoms with E-state index in [-0.39, 0.29) is 0 Å². The molecule has 0 radical (unpaired) electrons. The lowest BCUT2D eigenvalue weighted by molar-refractivity contribution is -0.137. The molecule has 1 unspecified atom stereocenters. The predicted molar refractivity (Wildman–Crippen MR) is 68.6 cm³/mol. The van der Waals surface area contributed by atoms with Crippen LogP contribution in [0.25, 0.3) is 0 Å². The van der Waals surface area contributed by atoms with Crippen molar-refractivity contribution in [2.75, 3.05) is 0 Å². The van der Waals surface area contributed by atoms with Crippen molar-refractivity contribution >= 4 is 5.97 Å². The average molecular weight is 228 g/mol. The van der Waals surface area contributed by atoms with Gasteiger partial charge in [-0.1, -0.05) is 58.8 Å². The highest BCUT2D eigenvalue weighted by Crippen LogP contribution is 2.22. The minimum Gasteiger partial charge on any atom is -0.481 e. The smallest absolute Gasteiger partial charge is 0.303 e. The molecule has 0 aliphatic rings. The van der Waals surface area contributed by atoms with Gasteiger partial charge in [-0.05, 0) is 18.8 Å². The van der Waals surface area contributed by atoms with Crippen LogP contribution in [0.15, 0.2) is 0 Å². The van der Waals surface area contributed by atoms with Gasteiger partial charge in [0.2, 0.25) is 0 Å². The Kier molecular flexibility index (Phi) is 10.6. The highest BCUT2D eigenvalue weighted by Gasteiger charge is 2.08. The fourth-order valence-corrected chi connectivity index (χ4v) is 2.15. The van der Waals surface area contributed by atoms with Gasteiger partial charge in [0.1, 0.15) is 0 Å². The molecule has 96 valence electrons. The van der Waals surface area contributed by atoms with Gasteiger partial charge >= 0.3 is 5.97 Å². The van der Waals surface area contributed by atoms with E-state index in [0.717, 1.165) is 18.8 Å². The largest absolute Gasteiger partial charge is 0.481 e. The molecule has 0 aromatic heterocycles. The minimum atomic E-state index is -0.650. The SMILES string of the molecule is CCCCCC(CCCC)CCCC(=O)O. The van der Waals surface area contributed by atoms with Crippen molar-refractivity contribution in [2.24, 2.45) is 5.92 Å². The Labute approximate surface area is 100 Å². The van der Waals surface area contributed by atoms with Crippen molar-refractivity contribution in [1.82, 2.24) is 0 Å². The molecular formula is C14H28O2. The zero-order valence-electron chi connectivity index (χ0n) is 11.0. The lowest BCUT2D eigenvalue weighted by atomic mass is 9.91. The molecule has 0 saturated carbocycles. The van der Waals surface area contributed by atoms with Crippen LogP contribution in [-0.4, -0.2) is 11.1 Å². The van der Waals surface area contributed by atoms with Gasteiger partial charge in [-0.15, -0.1) is 0 Å². The van der Waals surface area contributed by atoms with E-state index in [1.807, 2.05) is 0 Å². The highest BCUT2D eigenvalue weighted by atomic mass is 16.4. The molecule has 0 bridgehead atoms. The lowest BCUT2D eigenvalue weighted by Crippen LogP contribution is -2.03. The summed E-state index contributed by atoms with van der Waals surface area (Å²) in [6.07, 6.45) is 11.4.